The number of nitrogens with two attached hydrogens (primary N) is 1. The Morgan fingerprint density at radius 3 is 2.56 bits per heavy atom. The summed E-state index contributed by atoms with van der Waals surface area (Å²) in [7, 11) is 0. The number of benzene rings is 2. The lowest BCUT2D eigenvalue weighted by molar-refractivity contribution is 1.34. The second-order valence-corrected chi connectivity index (χ2v) is 5.08. The van der Waals surface area contributed by atoms with Crippen molar-refractivity contribution in [2.45, 2.75) is 9.79 Å². The van der Waals surface area contributed by atoms with Gasteiger partial charge in [-0.3, -0.25) is 4.98 Å². The van der Waals surface area contributed by atoms with Gasteiger partial charge in [0, 0.05) is 27.1 Å². The number of rotatable bonds is 2. The van der Waals surface area contributed by atoms with Gasteiger partial charge in [-0.25, -0.2) is 0 Å². The van der Waals surface area contributed by atoms with Crippen molar-refractivity contribution >= 4 is 28.4 Å². The predicted molar refractivity (Wildman–Crippen MR) is 76.7 cm³/mol. The molecule has 2 nitrogen and oxygen atoms in total. The average molecular weight is 252 g/mol. The van der Waals surface area contributed by atoms with E-state index in [2.05, 4.69) is 17.1 Å². The Morgan fingerprint density at radius 1 is 0.889 bits per heavy atom. The van der Waals surface area contributed by atoms with E-state index in [1.54, 1.807) is 18.0 Å². The van der Waals surface area contributed by atoms with E-state index < -0.39 is 0 Å². The Kier molecular flexibility index (Phi) is 2.90. The molecule has 0 aliphatic rings. The Morgan fingerprint density at radius 2 is 1.72 bits per heavy atom. The first-order valence-electron chi connectivity index (χ1n) is 5.71. The molecule has 0 amide bonds. The highest BCUT2D eigenvalue weighted by Gasteiger charge is 2.06. The minimum absolute atomic E-state index is 0.774. The molecule has 18 heavy (non-hydrogen) atoms. The predicted octanol–water partition coefficient (Wildman–Crippen LogP) is 3.97. The van der Waals surface area contributed by atoms with Crippen LogP contribution in [0.4, 0.5) is 5.69 Å². The summed E-state index contributed by atoms with van der Waals surface area (Å²) in [6.45, 7) is 0. The largest absolute Gasteiger partial charge is 0.398 e. The van der Waals surface area contributed by atoms with Crippen LogP contribution in [-0.4, -0.2) is 4.98 Å². The van der Waals surface area contributed by atoms with Gasteiger partial charge in [0.2, 0.25) is 0 Å². The van der Waals surface area contributed by atoms with Crippen molar-refractivity contribution < 1.29 is 0 Å². The lowest BCUT2D eigenvalue weighted by atomic mass is 10.2. The maximum atomic E-state index is 5.97. The van der Waals surface area contributed by atoms with Gasteiger partial charge in [0.1, 0.15) is 0 Å². The van der Waals surface area contributed by atoms with Gasteiger partial charge in [0.05, 0.1) is 5.52 Å². The SMILES string of the molecule is Nc1ccc(Sc2ccccc2)c2ncccc12. The van der Waals surface area contributed by atoms with E-state index >= 15 is 0 Å². The van der Waals surface area contributed by atoms with Crippen LogP contribution in [0.1, 0.15) is 0 Å². The lowest BCUT2D eigenvalue weighted by Crippen LogP contribution is -1.89. The maximum Gasteiger partial charge on any atom is 0.0861 e. The molecule has 0 radical (unpaired) electrons. The highest BCUT2D eigenvalue weighted by molar-refractivity contribution is 7.99. The lowest BCUT2D eigenvalue weighted by Gasteiger charge is -2.07. The summed E-state index contributed by atoms with van der Waals surface area (Å²) in [4.78, 5) is 6.77. The van der Waals surface area contributed by atoms with Gasteiger partial charge in [0.15, 0.2) is 0 Å². The maximum absolute atomic E-state index is 5.97. The van der Waals surface area contributed by atoms with Crippen LogP contribution in [0.3, 0.4) is 0 Å². The van der Waals surface area contributed by atoms with E-state index in [0.29, 0.717) is 0 Å². The molecule has 0 atom stereocenters. The third kappa shape index (κ3) is 2.05. The second-order valence-electron chi connectivity index (χ2n) is 3.97. The molecule has 0 bridgehead atoms. The van der Waals surface area contributed by atoms with Gasteiger partial charge in [0.25, 0.3) is 0 Å². The topological polar surface area (TPSA) is 38.9 Å². The Labute approximate surface area is 110 Å². The molecule has 0 aliphatic heterocycles. The number of pyridine rings is 1. The van der Waals surface area contributed by atoms with E-state index in [1.165, 1.54) is 4.90 Å². The quantitative estimate of drug-likeness (QED) is 0.701. The monoisotopic (exact) mass is 252 g/mol. The van der Waals surface area contributed by atoms with Crippen molar-refractivity contribution in [1.29, 1.82) is 0 Å². The number of hydrogen-bond donors (Lipinski definition) is 1. The van der Waals surface area contributed by atoms with Crippen molar-refractivity contribution in [2.24, 2.45) is 0 Å². The fourth-order valence-corrected chi connectivity index (χ4v) is 2.81. The summed E-state index contributed by atoms with van der Waals surface area (Å²) in [5.74, 6) is 0. The van der Waals surface area contributed by atoms with Gasteiger partial charge < -0.3 is 5.73 Å². The zero-order valence-corrected chi connectivity index (χ0v) is 10.5. The first-order valence-corrected chi connectivity index (χ1v) is 6.52. The van der Waals surface area contributed by atoms with E-state index in [1.807, 2.05) is 42.5 Å². The summed E-state index contributed by atoms with van der Waals surface area (Å²) >= 11 is 1.71. The molecule has 3 rings (SSSR count). The number of nitrogens with zero attached hydrogens (tertiary/aromatic N) is 1. The van der Waals surface area contributed by atoms with Crippen LogP contribution in [0.5, 0.6) is 0 Å². The van der Waals surface area contributed by atoms with E-state index in [-0.39, 0.29) is 0 Å². The fourth-order valence-electron chi connectivity index (χ4n) is 1.87. The summed E-state index contributed by atoms with van der Waals surface area (Å²) in [5.41, 5.74) is 7.71. The molecule has 0 fully saturated rings. The van der Waals surface area contributed by atoms with Crippen LogP contribution in [0.2, 0.25) is 0 Å². The molecule has 0 unspecified atom stereocenters. The van der Waals surface area contributed by atoms with Crippen molar-refractivity contribution in [3.8, 4) is 0 Å². The molecule has 0 saturated carbocycles. The number of nitrogen functional groups attached to an aromatic ring is 1. The van der Waals surface area contributed by atoms with E-state index in [0.717, 1.165) is 21.5 Å². The van der Waals surface area contributed by atoms with Crippen LogP contribution in [0.15, 0.2) is 70.6 Å². The molecule has 88 valence electrons. The molecule has 1 heterocycles. The summed E-state index contributed by atoms with van der Waals surface area (Å²) in [5, 5.41) is 1.01. The Bertz CT molecular complexity index is 680. The zero-order valence-electron chi connectivity index (χ0n) is 9.71. The number of aromatic nitrogens is 1. The molecule has 3 aromatic rings. The van der Waals surface area contributed by atoms with Gasteiger partial charge >= 0.3 is 0 Å². The van der Waals surface area contributed by atoms with Crippen LogP contribution in [-0.2, 0) is 0 Å². The first-order chi connectivity index (χ1) is 8.84. The third-order valence-electron chi connectivity index (χ3n) is 2.74. The minimum Gasteiger partial charge on any atom is -0.398 e. The van der Waals surface area contributed by atoms with Crippen molar-refractivity contribution in [3.63, 3.8) is 0 Å². The van der Waals surface area contributed by atoms with Gasteiger partial charge in [-0.05, 0) is 36.4 Å². The van der Waals surface area contributed by atoms with Crippen molar-refractivity contribution in [1.82, 2.24) is 4.98 Å². The van der Waals surface area contributed by atoms with Gasteiger partial charge in [-0.2, -0.15) is 0 Å². The van der Waals surface area contributed by atoms with Crippen molar-refractivity contribution in [3.05, 3.63) is 60.8 Å². The molecule has 1 aromatic heterocycles. The summed E-state index contributed by atoms with van der Waals surface area (Å²) in [6, 6.07) is 18.2. The zero-order chi connectivity index (χ0) is 12.4. The molecule has 2 N–H and O–H groups in total. The molecule has 3 heteroatoms. The number of hydrogen-bond acceptors (Lipinski definition) is 3. The highest BCUT2D eigenvalue weighted by Crippen LogP contribution is 2.34. The van der Waals surface area contributed by atoms with Crippen LogP contribution >= 0.6 is 11.8 Å². The third-order valence-corrected chi connectivity index (χ3v) is 3.79. The molecular weight excluding hydrogens is 240 g/mol. The highest BCUT2D eigenvalue weighted by atomic mass is 32.2. The summed E-state index contributed by atoms with van der Waals surface area (Å²) in [6.07, 6.45) is 1.80. The van der Waals surface area contributed by atoms with Crippen LogP contribution in [0.25, 0.3) is 10.9 Å². The van der Waals surface area contributed by atoms with Crippen LogP contribution < -0.4 is 5.73 Å². The Hall–Kier alpha value is -2.00. The van der Waals surface area contributed by atoms with Crippen LogP contribution in [0, 0.1) is 0 Å². The molecule has 2 aromatic carbocycles. The fraction of sp³-hybridized carbons (Fsp3) is 0. The van der Waals surface area contributed by atoms with Crippen molar-refractivity contribution in [2.75, 3.05) is 5.73 Å². The van der Waals surface area contributed by atoms with Gasteiger partial charge in [-0.15, -0.1) is 0 Å². The standard InChI is InChI=1S/C15H12N2S/c16-13-8-9-14(15-12(13)7-4-10-17-15)18-11-5-2-1-3-6-11/h1-10H,16H2. The second kappa shape index (κ2) is 4.70. The average Bonchev–Trinajstić information content (AvgIpc) is 2.44. The smallest absolute Gasteiger partial charge is 0.0861 e. The molecule has 0 aliphatic carbocycles. The normalized spacial score (nSPS) is 10.7. The first kappa shape index (κ1) is 11.1. The minimum atomic E-state index is 0.774. The van der Waals surface area contributed by atoms with Gasteiger partial charge in [-0.1, -0.05) is 30.0 Å². The number of anilines is 1. The summed E-state index contributed by atoms with van der Waals surface area (Å²) < 4.78 is 0. The Balaban J connectivity index is 2.10. The molecule has 0 saturated heterocycles. The van der Waals surface area contributed by atoms with E-state index in [9.17, 15) is 0 Å². The molecule has 0 spiro atoms. The molecular formula is C15H12N2S. The number of fused-ring (bicyclic) bond motifs is 1. The van der Waals surface area contributed by atoms with E-state index in [4.69, 9.17) is 5.73 Å².